The topological polar surface area (TPSA) is 87.9 Å². The molecule has 0 aliphatic carbocycles. The standard InChI is InChI=1S/C15H14N4O2S2/c1-3-22-15-18-14(23-19-15)17-13(20)11(9-16)8-10-4-6-12(21-2)7-5-10/h4-8H,3H2,1-2H3,(H,17,18,19,20)/b11-8-. The fourth-order valence-electron chi connectivity index (χ4n) is 1.63. The quantitative estimate of drug-likeness (QED) is 0.491. The molecule has 0 aliphatic rings. The molecule has 6 nitrogen and oxygen atoms in total. The Morgan fingerprint density at radius 3 is 2.83 bits per heavy atom. The normalized spacial score (nSPS) is 10.9. The number of nitrogens with zero attached hydrogens (tertiary/aromatic N) is 3. The van der Waals surface area contributed by atoms with E-state index in [4.69, 9.17) is 4.74 Å². The average Bonchev–Trinajstić information content (AvgIpc) is 3.00. The largest absolute Gasteiger partial charge is 0.497 e. The highest BCUT2D eigenvalue weighted by Gasteiger charge is 2.12. The molecular formula is C15H14N4O2S2. The Kier molecular flexibility index (Phi) is 6.14. The number of amides is 1. The van der Waals surface area contributed by atoms with Gasteiger partial charge in [-0.2, -0.15) is 14.6 Å². The van der Waals surface area contributed by atoms with Crippen LogP contribution in [0.4, 0.5) is 5.13 Å². The maximum absolute atomic E-state index is 12.1. The third-order valence-corrected chi connectivity index (χ3v) is 4.17. The van der Waals surface area contributed by atoms with Crippen molar-refractivity contribution in [2.75, 3.05) is 18.2 Å². The number of carbonyl (C=O) groups is 1. The molecule has 23 heavy (non-hydrogen) atoms. The van der Waals surface area contributed by atoms with Gasteiger partial charge >= 0.3 is 0 Å². The number of anilines is 1. The van der Waals surface area contributed by atoms with Gasteiger partial charge in [-0.3, -0.25) is 10.1 Å². The summed E-state index contributed by atoms with van der Waals surface area (Å²) in [5.74, 6) is 1.05. The Morgan fingerprint density at radius 2 is 2.22 bits per heavy atom. The van der Waals surface area contributed by atoms with Gasteiger partial charge in [0, 0.05) is 11.5 Å². The second-order valence-electron chi connectivity index (χ2n) is 4.21. The van der Waals surface area contributed by atoms with Gasteiger partial charge in [0.1, 0.15) is 17.4 Å². The molecule has 0 saturated heterocycles. The molecule has 0 spiro atoms. The van der Waals surface area contributed by atoms with Crippen LogP contribution in [-0.2, 0) is 4.79 Å². The number of methoxy groups -OCH3 is 1. The van der Waals surface area contributed by atoms with Crippen LogP contribution in [0.25, 0.3) is 6.08 Å². The summed E-state index contributed by atoms with van der Waals surface area (Å²) in [4.78, 5) is 16.3. The number of carbonyl (C=O) groups excluding carboxylic acids is 1. The molecule has 2 aromatic rings. The van der Waals surface area contributed by atoms with Crippen molar-refractivity contribution in [3.05, 3.63) is 35.4 Å². The van der Waals surface area contributed by atoms with Crippen LogP contribution >= 0.6 is 23.3 Å². The summed E-state index contributed by atoms with van der Waals surface area (Å²) in [7, 11) is 1.58. The number of rotatable bonds is 6. The van der Waals surface area contributed by atoms with Crippen molar-refractivity contribution in [1.29, 1.82) is 5.26 Å². The first kappa shape index (κ1) is 17.0. The third-order valence-electron chi connectivity index (χ3n) is 2.69. The van der Waals surface area contributed by atoms with Gasteiger partial charge in [-0.05, 0) is 29.5 Å². The SMILES string of the molecule is CCSc1nsc(NC(=O)/C(C#N)=C\c2ccc(OC)cc2)n1. The summed E-state index contributed by atoms with van der Waals surface area (Å²) in [6, 6.07) is 8.96. The first-order chi connectivity index (χ1) is 11.2. The number of aromatic nitrogens is 2. The van der Waals surface area contributed by atoms with Crippen LogP contribution in [0.3, 0.4) is 0 Å². The number of benzene rings is 1. The predicted octanol–water partition coefficient (Wildman–Crippen LogP) is 3.20. The summed E-state index contributed by atoms with van der Waals surface area (Å²) in [5.41, 5.74) is 0.729. The van der Waals surface area contributed by atoms with Gasteiger partial charge in [-0.25, -0.2) is 0 Å². The summed E-state index contributed by atoms with van der Waals surface area (Å²) < 4.78 is 9.18. The molecule has 1 aromatic heterocycles. The van der Waals surface area contributed by atoms with Crippen molar-refractivity contribution in [2.24, 2.45) is 0 Å². The van der Waals surface area contributed by atoms with E-state index in [1.54, 1.807) is 31.4 Å². The van der Waals surface area contributed by atoms with E-state index in [1.807, 2.05) is 13.0 Å². The van der Waals surface area contributed by atoms with Crippen LogP contribution in [0.2, 0.25) is 0 Å². The van der Waals surface area contributed by atoms with Gasteiger partial charge in [-0.15, -0.1) is 0 Å². The lowest BCUT2D eigenvalue weighted by Gasteiger charge is -2.01. The molecule has 0 atom stereocenters. The van der Waals surface area contributed by atoms with Crippen molar-refractivity contribution in [2.45, 2.75) is 12.1 Å². The molecule has 1 aromatic carbocycles. The van der Waals surface area contributed by atoms with Crippen molar-refractivity contribution in [3.8, 4) is 11.8 Å². The molecule has 0 fully saturated rings. The second kappa shape index (κ2) is 8.31. The van der Waals surface area contributed by atoms with Crippen LogP contribution in [0.5, 0.6) is 5.75 Å². The van der Waals surface area contributed by atoms with E-state index in [1.165, 1.54) is 17.8 Å². The van der Waals surface area contributed by atoms with E-state index in [0.29, 0.717) is 16.0 Å². The van der Waals surface area contributed by atoms with Gasteiger partial charge in [0.2, 0.25) is 10.3 Å². The minimum atomic E-state index is -0.507. The molecule has 8 heteroatoms. The summed E-state index contributed by atoms with van der Waals surface area (Å²) >= 11 is 2.58. The minimum Gasteiger partial charge on any atom is -0.497 e. The maximum Gasteiger partial charge on any atom is 0.268 e. The number of thioether (sulfide) groups is 1. The van der Waals surface area contributed by atoms with Gasteiger partial charge in [-0.1, -0.05) is 30.8 Å². The number of ether oxygens (including phenoxy) is 1. The van der Waals surface area contributed by atoms with E-state index >= 15 is 0 Å². The highest BCUT2D eigenvalue weighted by molar-refractivity contribution is 7.99. The lowest BCUT2D eigenvalue weighted by Crippen LogP contribution is -2.13. The molecule has 1 amide bonds. The molecule has 0 saturated carbocycles. The summed E-state index contributed by atoms with van der Waals surface area (Å²) in [6.07, 6.45) is 1.51. The minimum absolute atomic E-state index is 0.00457. The number of nitriles is 1. The molecule has 0 radical (unpaired) electrons. The van der Waals surface area contributed by atoms with Gasteiger partial charge in [0.25, 0.3) is 5.91 Å². The van der Waals surface area contributed by atoms with E-state index in [-0.39, 0.29) is 5.57 Å². The van der Waals surface area contributed by atoms with Crippen LogP contribution in [0.15, 0.2) is 35.0 Å². The van der Waals surface area contributed by atoms with Crippen molar-refractivity contribution in [3.63, 3.8) is 0 Å². The van der Waals surface area contributed by atoms with Gasteiger partial charge in [0.05, 0.1) is 7.11 Å². The Balaban J connectivity index is 2.10. The Bertz CT molecular complexity index is 748. The third kappa shape index (κ3) is 4.81. The smallest absolute Gasteiger partial charge is 0.268 e. The van der Waals surface area contributed by atoms with E-state index in [0.717, 1.165) is 22.8 Å². The number of hydrogen-bond acceptors (Lipinski definition) is 7. The Labute approximate surface area is 142 Å². The zero-order valence-electron chi connectivity index (χ0n) is 12.6. The lowest BCUT2D eigenvalue weighted by molar-refractivity contribution is -0.112. The van der Waals surface area contributed by atoms with Crippen LogP contribution in [0.1, 0.15) is 12.5 Å². The van der Waals surface area contributed by atoms with Crippen molar-refractivity contribution >= 4 is 40.4 Å². The zero-order chi connectivity index (χ0) is 16.7. The Hall–Kier alpha value is -2.37. The highest BCUT2D eigenvalue weighted by atomic mass is 32.2. The van der Waals surface area contributed by atoms with Crippen LogP contribution in [-0.4, -0.2) is 28.1 Å². The van der Waals surface area contributed by atoms with E-state index < -0.39 is 5.91 Å². The second-order valence-corrected chi connectivity index (χ2v) is 6.20. The van der Waals surface area contributed by atoms with Gasteiger partial charge < -0.3 is 4.74 Å². The molecule has 2 rings (SSSR count). The average molecular weight is 346 g/mol. The molecule has 0 unspecified atom stereocenters. The van der Waals surface area contributed by atoms with Crippen molar-refractivity contribution in [1.82, 2.24) is 9.36 Å². The summed E-state index contributed by atoms with van der Waals surface area (Å²) in [6.45, 7) is 2.00. The molecule has 0 aliphatic heterocycles. The lowest BCUT2D eigenvalue weighted by atomic mass is 10.1. The predicted molar refractivity (Wildman–Crippen MR) is 91.5 cm³/mol. The molecule has 0 bridgehead atoms. The summed E-state index contributed by atoms with van der Waals surface area (Å²) in [5, 5.41) is 12.8. The van der Waals surface area contributed by atoms with E-state index in [2.05, 4.69) is 14.7 Å². The molecule has 1 N–H and O–H groups in total. The van der Waals surface area contributed by atoms with Crippen LogP contribution < -0.4 is 10.1 Å². The fourth-order valence-corrected chi connectivity index (χ4v) is 2.89. The zero-order valence-corrected chi connectivity index (χ0v) is 14.2. The number of hydrogen-bond donors (Lipinski definition) is 1. The molecule has 1 heterocycles. The molecular weight excluding hydrogens is 332 g/mol. The molecule has 118 valence electrons. The first-order valence-corrected chi connectivity index (χ1v) is 8.46. The van der Waals surface area contributed by atoms with E-state index in [9.17, 15) is 10.1 Å². The van der Waals surface area contributed by atoms with Gasteiger partial charge in [0.15, 0.2) is 0 Å². The fraction of sp³-hybridized carbons (Fsp3) is 0.200. The monoisotopic (exact) mass is 346 g/mol. The highest BCUT2D eigenvalue weighted by Crippen LogP contribution is 2.20. The number of nitrogens with one attached hydrogen (secondary N) is 1. The Morgan fingerprint density at radius 1 is 1.48 bits per heavy atom. The van der Waals surface area contributed by atoms with Crippen molar-refractivity contribution < 1.29 is 9.53 Å². The first-order valence-electron chi connectivity index (χ1n) is 6.70. The maximum atomic E-state index is 12.1. The van der Waals surface area contributed by atoms with Crippen LogP contribution in [0, 0.1) is 11.3 Å².